The Labute approximate surface area is 116 Å². The summed E-state index contributed by atoms with van der Waals surface area (Å²) in [7, 11) is 0. The second kappa shape index (κ2) is 7.01. The zero-order valence-corrected chi connectivity index (χ0v) is 12.1. The van der Waals surface area contributed by atoms with Crippen LogP contribution in [0.5, 0.6) is 5.75 Å². The number of hydrogen-bond donors (Lipinski definition) is 2. The molecule has 2 N–H and O–H groups in total. The fraction of sp³-hybridized carbons (Fsp3) is 0.600. The summed E-state index contributed by atoms with van der Waals surface area (Å²) in [4.78, 5) is 0. The van der Waals surface area contributed by atoms with Crippen molar-refractivity contribution in [2.24, 2.45) is 0 Å². The van der Waals surface area contributed by atoms with Crippen LogP contribution in [0, 0.1) is 13.8 Å². The van der Waals surface area contributed by atoms with Crippen LogP contribution >= 0.6 is 12.4 Å². The molecular formula is C15H24ClNO. The lowest BCUT2D eigenvalue weighted by Gasteiger charge is -2.23. The van der Waals surface area contributed by atoms with Crippen LogP contribution in [0.15, 0.2) is 12.1 Å². The highest BCUT2D eigenvalue weighted by molar-refractivity contribution is 5.85. The largest absolute Gasteiger partial charge is 0.508 e. The van der Waals surface area contributed by atoms with E-state index in [9.17, 15) is 5.11 Å². The predicted molar refractivity (Wildman–Crippen MR) is 78.5 cm³/mol. The minimum Gasteiger partial charge on any atom is -0.508 e. The Morgan fingerprint density at radius 1 is 1.11 bits per heavy atom. The molecular weight excluding hydrogens is 246 g/mol. The van der Waals surface area contributed by atoms with Crippen LogP contribution in [0.3, 0.4) is 0 Å². The van der Waals surface area contributed by atoms with Gasteiger partial charge in [0.05, 0.1) is 0 Å². The van der Waals surface area contributed by atoms with Crippen LogP contribution in [0.2, 0.25) is 0 Å². The first kappa shape index (κ1) is 15.3. The van der Waals surface area contributed by atoms with Crippen LogP contribution in [-0.4, -0.2) is 11.1 Å². The standard InChI is InChI=1S/C15H23NO.ClH/c1-11-8-13(15(17)9-12(11)2)10-16-14-6-4-3-5-7-14;/h8-9,14,16-17H,3-7,10H2,1-2H3;1H. The molecule has 0 amide bonds. The third kappa shape index (κ3) is 3.89. The van der Waals surface area contributed by atoms with Crippen molar-refractivity contribution in [1.29, 1.82) is 0 Å². The van der Waals surface area contributed by atoms with Crippen LogP contribution in [0.4, 0.5) is 0 Å². The fourth-order valence-electron chi connectivity index (χ4n) is 2.56. The molecule has 0 unspecified atom stereocenters. The lowest BCUT2D eigenvalue weighted by atomic mass is 9.95. The number of phenolic OH excluding ortho intramolecular Hbond substituents is 1. The first-order chi connectivity index (χ1) is 8.16. The average Bonchev–Trinajstić information content (AvgIpc) is 2.33. The monoisotopic (exact) mass is 269 g/mol. The molecule has 2 nitrogen and oxygen atoms in total. The van der Waals surface area contributed by atoms with Crippen molar-refractivity contribution in [3.63, 3.8) is 0 Å². The van der Waals surface area contributed by atoms with Gasteiger partial charge in [-0.3, -0.25) is 0 Å². The molecule has 1 aliphatic rings. The number of aryl methyl sites for hydroxylation is 2. The molecule has 0 heterocycles. The Balaban J connectivity index is 0.00000162. The van der Waals surface area contributed by atoms with Crippen molar-refractivity contribution in [2.75, 3.05) is 0 Å². The summed E-state index contributed by atoms with van der Waals surface area (Å²) in [5, 5.41) is 13.5. The summed E-state index contributed by atoms with van der Waals surface area (Å²) < 4.78 is 0. The van der Waals surface area contributed by atoms with E-state index in [1.807, 2.05) is 13.0 Å². The molecule has 18 heavy (non-hydrogen) atoms. The zero-order chi connectivity index (χ0) is 12.3. The first-order valence-corrected chi connectivity index (χ1v) is 6.69. The Morgan fingerprint density at radius 3 is 2.39 bits per heavy atom. The molecule has 0 atom stereocenters. The Kier molecular flexibility index (Phi) is 5.97. The van der Waals surface area contributed by atoms with Gasteiger partial charge in [0.1, 0.15) is 5.75 Å². The molecule has 1 saturated carbocycles. The summed E-state index contributed by atoms with van der Waals surface area (Å²) in [5.74, 6) is 0.427. The number of rotatable bonds is 3. The Bertz CT molecular complexity index is 386. The van der Waals surface area contributed by atoms with E-state index < -0.39 is 0 Å². The van der Waals surface area contributed by atoms with Gasteiger partial charge in [0, 0.05) is 18.2 Å². The molecule has 0 bridgehead atoms. The van der Waals surface area contributed by atoms with Crippen LogP contribution < -0.4 is 5.32 Å². The van der Waals surface area contributed by atoms with Gasteiger partial charge in [0.2, 0.25) is 0 Å². The average molecular weight is 270 g/mol. The van der Waals surface area contributed by atoms with Gasteiger partial charge in [-0.1, -0.05) is 25.3 Å². The van der Waals surface area contributed by atoms with Gasteiger partial charge in [0.15, 0.2) is 0 Å². The highest BCUT2D eigenvalue weighted by Crippen LogP contribution is 2.23. The lowest BCUT2D eigenvalue weighted by Crippen LogP contribution is -2.30. The van der Waals surface area contributed by atoms with Crippen molar-refractivity contribution < 1.29 is 5.11 Å². The van der Waals surface area contributed by atoms with Gasteiger partial charge in [-0.05, 0) is 43.9 Å². The molecule has 102 valence electrons. The van der Waals surface area contributed by atoms with E-state index in [2.05, 4.69) is 18.3 Å². The zero-order valence-electron chi connectivity index (χ0n) is 11.3. The summed E-state index contributed by atoms with van der Waals surface area (Å²) in [6.45, 7) is 4.92. The maximum Gasteiger partial charge on any atom is 0.120 e. The number of aromatic hydroxyl groups is 1. The van der Waals surface area contributed by atoms with Gasteiger partial charge in [-0.25, -0.2) is 0 Å². The molecule has 1 aromatic carbocycles. The second-order valence-corrected chi connectivity index (χ2v) is 5.28. The molecule has 0 aromatic heterocycles. The fourth-order valence-corrected chi connectivity index (χ4v) is 2.56. The minimum atomic E-state index is 0. The molecule has 2 rings (SSSR count). The molecule has 1 fully saturated rings. The van der Waals surface area contributed by atoms with E-state index in [1.54, 1.807) is 0 Å². The summed E-state index contributed by atoms with van der Waals surface area (Å²) in [6, 6.07) is 4.61. The number of nitrogens with one attached hydrogen (secondary N) is 1. The third-order valence-electron chi connectivity index (χ3n) is 3.88. The minimum absolute atomic E-state index is 0. The van der Waals surface area contributed by atoms with E-state index in [1.165, 1.54) is 37.7 Å². The maximum atomic E-state index is 9.91. The molecule has 3 heteroatoms. The Hall–Kier alpha value is -0.730. The first-order valence-electron chi connectivity index (χ1n) is 6.69. The van der Waals surface area contributed by atoms with Crippen LogP contribution in [0.1, 0.15) is 48.8 Å². The molecule has 0 radical (unpaired) electrons. The van der Waals surface area contributed by atoms with Gasteiger partial charge in [-0.2, -0.15) is 0 Å². The van der Waals surface area contributed by atoms with Crippen molar-refractivity contribution >= 4 is 12.4 Å². The summed E-state index contributed by atoms with van der Waals surface area (Å²) >= 11 is 0. The van der Waals surface area contributed by atoms with Crippen LogP contribution in [0.25, 0.3) is 0 Å². The number of benzene rings is 1. The van der Waals surface area contributed by atoms with Gasteiger partial charge in [0.25, 0.3) is 0 Å². The van der Waals surface area contributed by atoms with Crippen molar-refractivity contribution in [2.45, 2.75) is 58.5 Å². The van der Waals surface area contributed by atoms with Gasteiger partial charge < -0.3 is 10.4 Å². The highest BCUT2D eigenvalue weighted by atomic mass is 35.5. The van der Waals surface area contributed by atoms with Crippen LogP contribution in [-0.2, 0) is 6.54 Å². The molecule has 1 aliphatic carbocycles. The topological polar surface area (TPSA) is 32.3 Å². The summed E-state index contributed by atoms with van der Waals surface area (Å²) in [5.41, 5.74) is 3.44. The smallest absolute Gasteiger partial charge is 0.120 e. The predicted octanol–water partition coefficient (Wildman–Crippen LogP) is 3.85. The highest BCUT2D eigenvalue weighted by Gasteiger charge is 2.13. The molecule has 0 aliphatic heterocycles. The summed E-state index contributed by atoms with van der Waals surface area (Å²) in [6.07, 6.45) is 6.64. The number of phenols is 1. The number of hydrogen-bond acceptors (Lipinski definition) is 2. The number of halogens is 1. The van der Waals surface area contributed by atoms with E-state index in [-0.39, 0.29) is 12.4 Å². The Morgan fingerprint density at radius 2 is 1.72 bits per heavy atom. The van der Waals surface area contributed by atoms with Crippen molar-refractivity contribution in [1.82, 2.24) is 5.32 Å². The van der Waals surface area contributed by atoms with Crippen molar-refractivity contribution in [3.05, 3.63) is 28.8 Å². The SMILES string of the molecule is Cc1cc(O)c(CNC2CCCCC2)cc1C.Cl. The second-order valence-electron chi connectivity index (χ2n) is 5.28. The van der Waals surface area contributed by atoms with Gasteiger partial charge in [-0.15, -0.1) is 12.4 Å². The van der Waals surface area contributed by atoms with E-state index in [0.717, 1.165) is 17.7 Å². The van der Waals surface area contributed by atoms with E-state index >= 15 is 0 Å². The molecule has 0 saturated heterocycles. The van der Waals surface area contributed by atoms with Crippen molar-refractivity contribution in [3.8, 4) is 5.75 Å². The van der Waals surface area contributed by atoms with E-state index in [0.29, 0.717) is 11.8 Å². The third-order valence-corrected chi connectivity index (χ3v) is 3.88. The molecule has 0 spiro atoms. The lowest BCUT2D eigenvalue weighted by molar-refractivity contribution is 0.369. The maximum absolute atomic E-state index is 9.91. The molecule has 1 aromatic rings. The van der Waals surface area contributed by atoms with Gasteiger partial charge >= 0.3 is 0 Å². The normalized spacial score (nSPS) is 16.3. The quantitative estimate of drug-likeness (QED) is 0.874. The van der Waals surface area contributed by atoms with E-state index in [4.69, 9.17) is 0 Å².